The molecule has 0 unspecified atom stereocenters. The van der Waals surface area contributed by atoms with Crippen LogP contribution in [0.25, 0.3) is 42.3 Å². The molecule has 2 N–H and O–H groups in total. The van der Waals surface area contributed by atoms with E-state index in [1.54, 1.807) is 17.4 Å². The van der Waals surface area contributed by atoms with Gasteiger partial charge in [0, 0.05) is 56.1 Å². The van der Waals surface area contributed by atoms with Crippen LogP contribution in [0.4, 0.5) is 11.6 Å². The summed E-state index contributed by atoms with van der Waals surface area (Å²) in [5, 5.41) is 2.97. The summed E-state index contributed by atoms with van der Waals surface area (Å²) in [5.74, 6) is 0.681. The van der Waals surface area contributed by atoms with Gasteiger partial charge in [0.2, 0.25) is 0 Å². The molecule has 4 nitrogen and oxygen atoms in total. The van der Waals surface area contributed by atoms with Gasteiger partial charge < -0.3 is 15.1 Å². The second-order valence-corrected chi connectivity index (χ2v) is 9.27. The first-order valence-corrected chi connectivity index (χ1v) is 11.5. The highest BCUT2D eigenvalue weighted by Gasteiger charge is 2.18. The molecular formula is C26H22N2O2S. The fraction of sp³-hybridized carbons (Fsp3) is 0.192. The maximum Gasteiger partial charge on any atom is 0.200 e. The number of rotatable bonds is 2. The Morgan fingerprint density at radius 3 is 2.45 bits per heavy atom. The van der Waals surface area contributed by atoms with Crippen LogP contribution < -0.4 is 16.1 Å². The molecule has 0 bridgehead atoms. The summed E-state index contributed by atoms with van der Waals surface area (Å²) < 4.78 is 8.80. The van der Waals surface area contributed by atoms with E-state index in [4.69, 9.17) is 10.2 Å². The molecule has 154 valence electrons. The second kappa shape index (κ2) is 7.13. The van der Waals surface area contributed by atoms with Crippen LogP contribution in [0.5, 0.6) is 0 Å². The third-order valence-electron chi connectivity index (χ3n) is 6.22. The van der Waals surface area contributed by atoms with Crippen LogP contribution in [0.2, 0.25) is 0 Å². The smallest absolute Gasteiger partial charge is 0.200 e. The Hall–Kier alpha value is -3.31. The van der Waals surface area contributed by atoms with Gasteiger partial charge in [-0.15, -0.1) is 11.3 Å². The van der Waals surface area contributed by atoms with Gasteiger partial charge in [0.15, 0.2) is 11.3 Å². The third kappa shape index (κ3) is 3.00. The largest absolute Gasteiger partial charge is 0.440 e. The Kier molecular flexibility index (Phi) is 4.25. The highest BCUT2D eigenvalue weighted by atomic mass is 32.1. The molecule has 6 rings (SSSR count). The SMILES string of the molecule is Nc1ccc2sc3c(-c4cccc5c(=O)cc(N6CCCCC6)oc45)cccc3c2c1. The predicted molar refractivity (Wildman–Crippen MR) is 131 cm³/mol. The summed E-state index contributed by atoms with van der Waals surface area (Å²) in [6, 6.07) is 19.9. The van der Waals surface area contributed by atoms with Crippen molar-refractivity contribution in [3.05, 3.63) is 70.9 Å². The topological polar surface area (TPSA) is 59.5 Å². The molecule has 5 heteroatoms. The molecule has 0 saturated carbocycles. The molecule has 0 radical (unpaired) electrons. The Bertz CT molecular complexity index is 1510. The highest BCUT2D eigenvalue weighted by molar-refractivity contribution is 7.26. The normalized spacial score (nSPS) is 14.6. The van der Waals surface area contributed by atoms with E-state index in [-0.39, 0.29) is 5.43 Å². The number of hydrogen-bond donors (Lipinski definition) is 1. The summed E-state index contributed by atoms with van der Waals surface area (Å²) in [6.07, 6.45) is 3.50. The van der Waals surface area contributed by atoms with E-state index in [1.807, 2.05) is 24.3 Å². The average molecular weight is 427 g/mol. The van der Waals surface area contributed by atoms with Crippen molar-refractivity contribution < 1.29 is 4.42 Å². The molecular weight excluding hydrogens is 404 g/mol. The van der Waals surface area contributed by atoms with Gasteiger partial charge in [-0.25, -0.2) is 0 Å². The lowest BCUT2D eigenvalue weighted by Gasteiger charge is -2.27. The zero-order valence-electron chi connectivity index (χ0n) is 17.1. The minimum absolute atomic E-state index is 0.0139. The van der Waals surface area contributed by atoms with Gasteiger partial charge >= 0.3 is 0 Å². The standard InChI is InChI=1S/C26H22N2O2S/c27-16-10-11-23-21(14-16)19-8-5-7-18(26(19)31-23)17-6-4-9-20-22(29)15-24(30-25(17)20)28-12-2-1-3-13-28/h4-11,14-15H,1-3,12-13,27H2. The summed E-state index contributed by atoms with van der Waals surface area (Å²) in [4.78, 5) is 15.2. The van der Waals surface area contributed by atoms with E-state index in [9.17, 15) is 4.79 Å². The lowest BCUT2D eigenvalue weighted by atomic mass is 10.0. The molecule has 0 atom stereocenters. The van der Waals surface area contributed by atoms with Crippen molar-refractivity contribution in [3.63, 3.8) is 0 Å². The Balaban J connectivity index is 1.62. The van der Waals surface area contributed by atoms with Crippen LogP contribution in [0.3, 0.4) is 0 Å². The number of thiophene rings is 1. The van der Waals surface area contributed by atoms with Crippen LogP contribution in [0.1, 0.15) is 19.3 Å². The Labute approximate surface area is 183 Å². The number of piperidine rings is 1. The van der Waals surface area contributed by atoms with Crippen LogP contribution in [0, 0.1) is 0 Å². The third-order valence-corrected chi connectivity index (χ3v) is 7.44. The maximum absolute atomic E-state index is 13.0. The maximum atomic E-state index is 13.0. The van der Waals surface area contributed by atoms with Crippen molar-refractivity contribution in [2.45, 2.75) is 19.3 Å². The van der Waals surface area contributed by atoms with Crippen molar-refractivity contribution in [1.29, 1.82) is 0 Å². The second-order valence-electron chi connectivity index (χ2n) is 8.22. The molecule has 3 heterocycles. The molecule has 3 aromatic carbocycles. The quantitative estimate of drug-likeness (QED) is 0.332. The first kappa shape index (κ1) is 18.5. The molecule has 0 amide bonds. The molecule has 2 aromatic heterocycles. The van der Waals surface area contributed by atoms with Crippen molar-refractivity contribution in [2.24, 2.45) is 0 Å². The summed E-state index contributed by atoms with van der Waals surface area (Å²) in [6.45, 7) is 1.87. The van der Waals surface area contributed by atoms with Crippen LogP contribution in [-0.4, -0.2) is 13.1 Å². The number of hydrogen-bond acceptors (Lipinski definition) is 5. The van der Waals surface area contributed by atoms with Gasteiger partial charge in [-0.05, 0) is 43.5 Å². The van der Waals surface area contributed by atoms with E-state index in [0.29, 0.717) is 16.9 Å². The number of nitrogens with zero attached hydrogens (tertiary/aromatic N) is 1. The minimum Gasteiger partial charge on any atom is -0.440 e. The van der Waals surface area contributed by atoms with Gasteiger partial charge in [-0.3, -0.25) is 4.79 Å². The number of anilines is 2. The van der Waals surface area contributed by atoms with Crippen molar-refractivity contribution in [3.8, 4) is 11.1 Å². The van der Waals surface area contributed by atoms with Crippen LogP contribution >= 0.6 is 11.3 Å². The summed E-state index contributed by atoms with van der Waals surface area (Å²) >= 11 is 1.75. The number of para-hydroxylation sites is 1. The van der Waals surface area contributed by atoms with Crippen molar-refractivity contribution >= 4 is 54.0 Å². The van der Waals surface area contributed by atoms with Crippen molar-refractivity contribution in [2.75, 3.05) is 23.7 Å². The predicted octanol–water partition coefficient (Wildman–Crippen LogP) is 6.40. The molecule has 1 aliphatic rings. The monoisotopic (exact) mass is 426 g/mol. The number of fused-ring (bicyclic) bond motifs is 4. The first-order valence-electron chi connectivity index (χ1n) is 10.7. The van der Waals surface area contributed by atoms with Crippen LogP contribution in [-0.2, 0) is 0 Å². The average Bonchev–Trinajstić information content (AvgIpc) is 3.17. The lowest BCUT2D eigenvalue weighted by molar-refractivity contribution is 0.513. The molecule has 31 heavy (non-hydrogen) atoms. The van der Waals surface area contributed by atoms with E-state index in [0.717, 1.165) is 48.1 Å². The van der Waals surface area contributed by atoms with Crippen molar-refractivity contribution in [1.82, 2.24) is 0 Å². The number of benzene rings is 3. The molecule has 1 fully saturated rings. The number of nitrogen functional groups attached to an aromatic ring is 1. The zero-order valence-corrected chi connectivity index (χ0v) is 17.9. The van der Waals surface area contributed by atoms with Gasteiger partial charge in [0.25, 0.3) is 0 Å². The number of nitrogens with two attached hydrogens (primary N) is 1. The fourth-order valence-corrected chi connectivity index (χ4v) is 5.89. The molecule has 0 aliphatic carbocycles. The molecule has 1 saturated heterocycles. The zero-order chi connectivity index (χ0) is 20.9. The van der Waals surface area contributed by atoms with E-state index in [2.05, 4.69) is 35.2 Å². The first-order chi connectivity index (χ1) is 15.2. The minimum atomic E-state index is 0.0139. The van der Waals surface area contributed by atoms with E-state index in [1.165, 1.54) is 21.2 Å². The molecule has 1 aliphatic heterocycles. The summed E-state index contributed by atoms with van der Waals surface area (Å²) in [5.41, 5.74) is 9.54. The fourth-order valence-electron chi connectivity index (χ4n) is 4.68. The summed E-state index contributed by atoms with van der Waals surface area (Å²) in [7, 11) is 0. The van der Waals surface area contributed by atoms with Crippen LogP contribution in [0.15, 0.2) is 69.9 Å². The Morgan fingerprint density at radius 1 is 0.839 bits per heavy atom. The van der Waals surface area contributed by atoms with Gasteiger partial charge in [-0.2, -0.15) is 0 Å². The highest BCUT2D eigenvalue weighted by Crippen LogP contribution is 2.42. The van der Waals surface area contributed by atoms with E-state index >= 15 is 0 Å². The molecule has 0 spiro atoms. The van der Waals surface area contributed by atoms with E-state index < -0.39 is 0 Å². The van der Waals surface area contributed by atoms with Gasteiger partial charge in [0.1, 0.15) is 5.58 Å². The lowest BCUT2D eigenvalue weighted by Crippen LogP contribution is -2.30. The van der Waals surface area contributed by atoms with Gasteiger partial charge in [-0.1, -0.05) is 30.3 Å². The van der Waals surface area contributed by atoms with Gasteiger partial charge in [0.05, 0.1) is 5.39 Å². The molecule has 5 aromatic rings. The Morgan fingerprint density at radius 2 is 1.61 bits per heavy atom.